The van der Waals surface area contributed by atoms with Gasteiger partial charge in [0.1, 0.15) is 6.29 Å². The number of hydrogen-bond acceptors (Lipinski definition) is 3. The molecule has 19 heavy (non-hydrogen) atoms. The van der Waals surface area contributed by atoms with Crippen LogP contribution in [-0.4, -0.2) is 24.6 Å². The molecule has 2 aromatic carbocycles. The largest absolute Gasteiger partial charge is 0.298 e. The van der Waals surface area contributed by atoms with E-state index in [0.717, 1.165) is 18.4 Å². The Morgan fingerprint density at radius 3 is 2.53 bits per heavy atom. The lowest BCUT2D eigenvalue weighted by atomic mass is 10.1. The van der Waals surface area contributed by atoms with Gasteiger partial charge in [-0.2, -0.15) is 5.10 Å². The van der Waals surface area contributed by atoms with E-state index in [2.05, 4.69) is 17.2 Å². The molecular formula is C16H16N2O. The molecule has 0 amide bonds. The van der Waals surface area contributed by atoms with Crippen LogP contribution in [0.5, 0.6) is 0 Å². The zero-order valence-electron chi connectivity index (χ0n) is 10.9. The first-order valence-corrected chi connectivity index (χ1v) is 6.12. The van der Waals surface area contributed by atoms with Crippen LogP contribution in [0.3, 0.4) is 0 Å². The minimum atomic E-state index is 0.662. The van der Waals surface area contributed by atoms with E-state index in [-0.39, 0.29) is 0 Å². The van der Waals surface area contributed by atoms with Gasteiger partial charge in [0, 0.05) is 12.6 Å². The maximum Gasteiger partial charge on any atom is 0.150 e. The summed E-state index contributed by atoms with van der Waals surface area (Å²) in [5, 5.41) is 6.22. The SMILES string of the molecule is CN(Cc1ccccc1)N=Cc1cccc(C=O)c1. The summed E-state index contributed by atoms with van der Waals surface area (Å²) in [6.45, 7) is 0.755. The molecule has 96 valence electrons. The summed E-state index contributed by atoms with van der Waals surface area (Å²) in [6, 6.07) is 17.5. The molecule has 0 spiro atoms. The van der Waals surface area contributed by atoms with Crippen LogP contribution in [0.1, 0.15) is 21.5 Å². The fourth-order valence-corrected chi connectivity index (χ4v) is 1.77. The van der Waals surface area contributed by atoms with E-state index in [4.69, 9.17) is 0 Å². The van der Waals surface area contributed by atoms with Gasteiger partial charge in [-0.15, -0.1) is 0 Å². The van der Waals surface area contributed by atoms with E-state index in [1.807, 2.05) is 48.5 Å². The summed E-state index contributed by atoms with van der Waals surface area (Å²) in [6.07, 6.45) is 2.60. The summed E-state index contributed by atoms with van der Waals surface area (Å²) in [5.74, 6) is 0. The van der Waals surface area contributed by atoms with Crippen LogP contribution in [0, 0.1) is 0 Å². The van der Waals surface area contributed by atoms with Gasteiger partial charge < -0.3 is 0 Å². The lowest BCUT2D eigenvalue weighted by Gasteiger charge is -2.12. The van der Waals surface area contributed by atoms with E-state index in [9.17, 15) is 4.79 Å². The average Bonchev–Trinajstić information content (AvgIpc) is 2.46. The highest BCUT2D eigenvalue weighted by molar-refractivity contribution is 5.84. The minimum absolute atomic E-state index is 0.662. The standard InChI is InChI=1S/C16H16N2O/c1-18(12-14-6-3-2-4-7-14)17-11-15-8-5-9-16(10-15)13-19/h2-11,13H,12H2,1H3. The van der Waals surface area contributed by atoms with Crippen molar-refractivity contribution in [2.45, 2.75) is 6.54 Å². The van der Waals surface area contributed by atoms with Crippen molar-refractivity contribution in [2.24, 2.45) is 5.10 Å². The third-order valence-corrected chi connectivity index (χ3v) is 2.70. The van der Waals surface area contributed by atoms with Gasteiger partial charge in [0.25, 0.3) is 0 Å². The number of benzene rings is 2. The highest BCUT2D eigenvalue weighted by Gasteiger charge is 1.96. The maximum absolute atomic E-state index is 10.7. The van der Waals surface area contributed by atoms with Gasteiger partial charge in [-0.05, 0) is 17.2 Å². The van der Waals surface area contributed by atoms with Crippen molar-refractivity contribution < 1.29 is 4.79 Å². The number of rotatable bonds is 5. The smallest absolute Gasteiger partial charge is 0.150 e. The number of nitrogens with zero attached hydrogens (tertiary/aromatic N) is 2. The summed E-state index contributed by atoms with van der Waals surface area (Å²) in [4.78, 5) is 10.7. The van der Waals surface area contributed by atoms with E-state index >= 15 is 0 Å². The second-order valence-corrected chi connectivity index (χ2v) is 4.33. The molecule has 2 rings (SSSR count). The highest BCUT2D eigenvalue weighted by Crippen LogP contribution is 2.04. The summed E-state index contributed by atoms with van der Waals surface area (Å²) in [5.41, 5.74) is 2.79. The average molecular weight is 252 g/mol. The van der Waals surface area contributed by atoms with E-state index in [1.54, 1.807) is 12.3 Å². The molecule has 0 heterocycles. The van der Waals surface area contributed by atoms with Crippen molar-refractivity contribution in [2.75, 3.05) is 7.05 Å². The Morgan fingerprint density at radius 1 is 1.05 bits per heavy atom. The molecule has 0 N–H and O–H groups in total. The Morgan fingerprint density at radius 2 is 1.79 bits per heavy atom. The zero-order valence-corrected chi connectivity index (χ0v) is 10.9. The fraction of sp³-hybridized carbons (Fsp3) is 0.125. The monoisotopic (exact) mass is 252 g/mol. The Bertz CT molecular complexity index is 564. The van der Waals surface area contributed by atoms with Crippen LogP contribution in [0.25, 0.3) is 0 Å². The van der Waals surface area contributed by atoms with Crippen molar-refractivity contribution in [3.05, 3.63) is 71.3 Å². The Labute approximate surface area is 113 Å². The topological polar surface area (TPSA) is 32.7 Å². The van der Waals surface area contributed by atoms with Crippen molar-refractivity contribution >= 4 is 12.5 Å². The maximum atomic E-state index is 10.7. The number of carbonyl (C=O) groups excluding carboxylic acids is 1. The first-order chi connectivity index (χ1) is 9.28. The minimum Gasteiger partial charge on any atom is -0.298 e. The molecule has 0 saturated heterocycles. The molecule has 0 fully saturated rings. The Hall–Kier alpha value is -2.42. The predicted octanol–water partition coefficient (Wildman–Crippen LogP) is 2.97. The van der Waals surface area contributed by atoms with E-state index in [1.165, 1.54) is 5.56 Å². The summed E-state index contributed by atoms with van der Waals surface area (Å²) < 4.78 is 0. The van der Waals surface area contributed by atoms with Gasteiger partial charge in [0.15, 0.2) is 0 Å². The van der Waals surface area contributed by atoms with Crippen molar-refractivity contribution in [1.82, 2.24) is 5.01 Å². The van der Waals surface area contributed by atoms with Crippen LogP contribution >= 0.6 is 0 Å². The Kier molecular flexibility index (Phi) is 4.45. The van der Waals surface area contributed by atoms with Gasteiger partial charge >= 0.3 is 0 Å². The van der Waals surface area contributed by atoms with Gasteiger partial charge in [-0.1, -0.05) is 48.5 Å². The molecule has 0 atom stereocenters. The molecule has 0 aliphatic rings. The lowest BCUT2D eigenvalue weighted by Crippen LogP contribution is -2.10. The number of hydrazone groups is 1. The lowest BCUT2D eigenvalue weighted by molar-refractivity contribution is 0.112. The third-order valence-electron chi connectivity index (χ3n) is 2.70. The number of aldehydes is 1. The van der Waals surface area contributed by atoms with Crippen LogP contribution in [0.2, 0.25) is 0 Å². The molecule has 0 saturated carbocycles. The summed E-state index contributed by atoms with van der Waals surface area (Å²) >= 11 is 0. The van der Waals surface area contributed by atoms with Gasteiger partial charge in [-0.25, -0.2) is 0 Å². The molecule has 3 heteroatoms. The molecule has 0 aliphatic heterocycles. The molecule has 0 aliphatic carbocycles. The third kappa shape index (κ3) is 4.07. The molecule has 0 radical (unpaired) electrons. The summed E-state index contributed by atoms with van der Waals surface area (Å²) in [7, 11) is 1.92. The quantitative estimate of drug-likeness (QED) is 0.465. The van der Waals surface area contributed by atoms with Crippen molar-refractivity contribution in [3.8, 4) is 0 Å². The van der Waals surface area contributed by atoms with Crippen molar-refractivity contribution in [3.63, 3.8) is 0 Å². The molecule has 0 unspecified atom stereocenters. The van der Waals surface area contributed by atoms with Gasteiger partial charge in [0.2, 0.25) is 0 Å². The fourth-order valence-electron chi connectivity index (χ4n) is 1.77. The normalized spacial score (nSPS) is 10.6. The highest BCUT2D eigenvalue weighted by atomic mass is 16.1. The molecular weight excluding hydrogens is 236 g/mol. The first kappa shape index (κ1) is 13.0. The van der Waals surface area contributed by atoms with E-state index in [0.29, 0.717) is 5.56 Å². The molecule has 0 aromatic heterocycles. The van der Waals surface area contributed by atoms with Crippen molar-refractivity contribution in [1.29, 1.82) is 0 Å². The zero-order chi connectivity index (χ0) is 13.5. The molecule has 2 aromatic rings. The van der Waals surface area contributed by atoms with Crippen LogP contribution in [0.15, 0.2) is 59.7 Å². The second-order valence-electron chi connectivity index (χ2n) is 4.33. The second kappa shape index (κ2) is 6.50. The number of hydrogen-bond donors (Lipinski definition) is 0. The van der Waals surface area contributed by atoms with E-state index < -0.39 is 0 Å². The van der Waals surface area contributed by atoms with Gasteiger partial charge in [0.05, 0.1) is 12.8 Å². The van der Waals surface area contributed by atoms with Gasteiger partial charge in [-0.3, -0.25) is 9.80 Å². The Balaban J connectivity index is 1.99. The van der Waals surface area contributed by atoms with Crippen LogP contribution in [0.4, 0.5) is 0 Å². The number of carbonyl (C=O) groups is 1. The van der Waals surface area contributed by atoms with Crippen LogP contribution in [-0.2, 0) is 6.54 Å². The first-order valence-electron chi connectivity index (χ1n) is 6.12. The predicted molar refractivity (Wildman–Crippen MR) is 77.3 cm³/mol. The molecule has 0 bridgehead atoms. The van der Waals surface area contributed by atoms with Crippen LogP contribution < -0.4 is 0 Å². The molecule has 3 nitrogen and oxygen atoms in total.